The molecule has 1 fully saturated rings. The van der Waals surface area contributed by atoms with E-state index in [1.165, 1.54) is 19.1 Å². The number of rotatable bonds is 5. The maximum Gasteiger partial charge on any atom is 0.245 e. The number of nitrogens with one attached hydrogen (secondary N) is 1. The van der Waals surface area contributed by atoms with Crippen LogP contribution in [0, 0.1) is 11.7 Å². The number of hydrogen-bond donors (Lipinski definition) is 1. The Balaban J connectivity index is 2.04. The third kappa shape index (κ3) is 4.29. The molecule has 1 aliphatic rings. The summed E-state index contributed by atoms with van der Waals surface area (Å²) in [5.41, 5.74) is 0.866. The Hall–Kier alpha value is -1.91. The van der Waals surface area contributed by atoms with Gasteiger partial charge in [-0.1, -0.05) is 25.0 Å². The van der Waals surface area contributed by atoms with Gasteiger partial charge in [0.15, 0.2) is 0 Å². The molecule has 1 atom stereocenters. The van der Waals surface area contributed by atoms with Crippen LogP contribution in [0.4, 0.5) is 4.39 Å². The second kappa shape index (κ2) is 7.38. The van der Waals surface area contributed by atoms with E-state index >= 15 is 0 Å². The minimum atomic E-state index is -0.453. The smallest absolute Gasteiger partial charge is 0.245 e. The molecule has 0 aromatic heterocycles. The summed E-state index contributed by atoms with van der Waals surface area (Å²) in [6, 6.07) is 5.65. The monoisotopic (exact) mass is 306 g/mol. The Bertz CT molecular complexity index is 524. The second-order valence-electron chi connectivity index (χ2n) is 6.04. The minimum Gasteiger partial charge on any atom is -0.344 e. The number of nitrogens with zero attached hydrogens (tertiary/aromatic N) is 1. The van der Waals surface area contributed by atoms with E-state index in [9.17, 15) is 14.0 Å². The average Bonchev–Trinajstić information content (AvgIpc) is 3.00. The Morgan fingerprint density at radius 2 is 1.86 bits per heavy atom. The number of hydrogen-bond acceptors (Lipinski definition) is 2. The number of carbonyl (C=O) groups is 2. The first-order valence-electron chi connectivity index (χ1n) is 7.74. The van der Waals surface area contributed by atoms with E-state index in [0.717, 1.165) is 31.2 Å². The van der Waals surface area contributed by atoms with Gasteiger partial charge in [-0.25, -0.2) is 4.39 Å². The molecule has 1 N–H and O–H groups in total. The molecule has 1 aliphatic carbocycles. The van der Waals surface area contributed by atoms with Gasteiger partial charge in [0, 0.05) is 20.5 Å². The first-order chi connectivity index (χ1) is 10.5. The predicted octanol–water partition coefficient (Wildman–Crippen LogP) is 2.48. The van der Waals surface area contributed by atoms with E-state index in [1.54, 1.807) is 24.1 Å². The molecule has 22 heavy (non-hydrogen) atoms. The maximum atomic E-state index is 12.9. The highest BCUT2D eigenvalue weighted by Gasteiger charge is 2.33. The van der Waals surface area contributed by atoms with Crippen molar-refractivity contribution in [3.8, 4) is 0 Å². The molecular weight excluding hydrogens is 283 g/mol. The summed E-state index contributed by atoms with van der Waals surface area (Å²) in [4.78, 5) is 25.7. The number of benzene rings is 1. The normalized spacial score (nSPS) is 16.3. The third-order valence-corrected chi connectivity index (χ3v) is 4.21. The summed E-state index contributed by atoms with van der Waals surface area (Å²) >= 11 is 0. The lowest BCUT2D eigenvalue weighted by Crippen LogP contribution is -2.50. The Morgan fingerprint density at radius 3 is 2.41 bits per heavy atom. The maximum absolute atomic E-state index is 12.9. The fraction of sp³-hybridized carbons (Fsp3) is 0.529. The van der Waals surface area contributed by atoms with Gasteiger partial charge in [0.2, 0.25) is 11.8 Å². The largest absolute Gasteiger partial charge is 0.344 e. The van der Waals surface area contributed by atoms with Gasteiger partial charge in [-0.05, 0) is 36.5 Å². The molecule has 0 bridgehead atoms. The minimum absolute atomic E-state index is 0.0774. The van der Waals surface area contributed by atoms with Crippen molar-refractivity contribution < 1.29 is 14.0 Å². The van der Waals surface area contributed by atoms with E-state index in [4.69, 9.17) is 0 Å². The van der Waals surface area contributed by atoms with Crippen LogP contribution in [-0.2, 0) is 16.1 Å². The van der Waals surface area contributed by atoms with Crippen molar-refractivity contribution in [3.05, 3.63) is 35.6 Å². The summed E-state index contributed by atoms with van der Waals surface area (Å²) in [6.07, 6.45) is 4.16. The van der Waals surface area contributed by atoms with Crippen molar-refractivity contribution in [1.29, 1.82) is 0 Å². The molecule has 1 aromatic rings. The van der Waals surface area contributed by atoms with Crippen molar-refractivity contribution in [1.82, 2.24) is 10.2 Å². The predicted molar refractivity (Wildman–Crippen MR) is 82.4 cm³/mol. The lowest BCUT2D eigenvalue weighted by molar-refractivity contribution is -0.137. The van der Waals surface area contributed by atoms with Gasteiger partial charge in [0.1, 0.15) is 11.9 Å². The van der Waals surface area contributed by atoms with Gasteiger partial charge >= 0.3 is 0 Å². The molecule has 0 radical (unpaired) electrons. The SMILES string of the molecule is CC(=O)NC(C(=O)N(C)Cc1ccc(F)cc1)C1CCCC1. The zero-order valence-electron chi connectivity index (χ0n) is 13.1. The Morgan fingerprint density at radius 1 is 1.27 bits per heavy atom. The van der Waals surface area contributed by atoms with E-state index in [-0.39, 0.29) is 23.5 Å². The van der Waals surface area contributed by atoms with Crippen LogP contribution in [0.5, 0.6) is 0 Å². The van der Waals surface area contributed by atoms with Crippen LogP contribution < -0.4 is 5.32 Å². The topological polar surface area (TPSA) is 49.4 Å². The lowest BCUT2D eigenvalue weighted by Gasteiger charge is -2.28. The van der Waals surface area contributed by atoms with Crippen LogP contribution in [0.25, 0.3) is 0 Å². The van der Waals surface area contributed by atoms with E-state index in [0.29, 0.717) is 6.54 Å². The van der Waals surface area contributed by atoms with Crippen molar-refractivity contribution in [2.45, 2.75) is 45.2 Å². The third-order valence-electron chi connectivity index (χ3n) is 4.21. The number of carbonyl (C=O) groups excluding carboxylic acids is 2. The fourth-order valence-corrected chi connectivity index (χ4v) is 3.07. The van der Waals surface area contributed by atoms with Gasteiger partial charge in [0.05, 0.1) is 0 Å². The molecule has 120 valence electrons. The van der Waals surface area contributed by atoms with Gasteiger partial charge < -0.3 is 10.2 Å². The summed E-state index contributed by atoms with van der Waals surface area (Å²) in [7, 11) is 1.72. The van der Waals surface area contributed by atoms with Crippen molar-refractivity contribution >= 4 is 11.8 Å². The zero-order valence-corrected chi connectivity index (χ0v) is 13.1. The zero-order chi connectivity index (χ0) is 16.1. The molecule has 1 aromatic carbocycles. The molecule has 2 amide bonds. The molecule has 5 heteroatoms. The van der Waals surface area contributed by atoms with E-state index < -0.39 is 6.04 Å². The molecule has 4 nitrogen and oxygen atoms in total. The second-order valence-corrected chi connectivity index (χ2v) is 6.04. The highest BCUT2D eigenvalue weighted by molar-refractivity contribution is 5.87. The molecule has 1 saturated carbocycles. The summed E-state index contributed by atoms with van der Waals surface area (Å²) in [6.45, 7) is 1.84. The van der Waals surface area contributed by atoms with Gasteiger partial charge in [-0.2, -0.15) is 0 Å². The highest BCUT2D eigenvalue weighted by atomic mass is 19.1. The van der Waals surface area contributed by atoms with Crippen LogP contribution in [0.1, 0.15) is 38.2 Å². The molecular formula is C17H23FN2O2. The Kier molecular flexibility index (Phi) is 5.52. The van der Waals surface area contributed by atoms with Crippen molar-refractivity contribution in [3.63, 3.8) is 0 Å². The van der Waals surface area contributed by atoms with E-state index in [1.807, 2.05) is 0 Å². The molecule has 2 rings (SSSR count). The first kappa shape index (κ1) is 16.5. The van der Waals surface area contributed by atoms with Gasteiger partial charge in [0.25, 0.3) is 0 Å². The van der Waals surface area contributed by atoms with Crippen LogP contribution in [0.3, 0.4) is 0 Å². The van der Waals surface area contributed by atoms with Gasteiger partial charge in [-0.15, -0.1) is 0 Å². The van der Waals surface area contributed by atoms with Crippen molar-refractivity contribution in [2.24, 2.45) is 5.92 Å². The van der Waals surface area contributed by atoms with Crippen LogP contribution in [0.15, 0.2) is 24.3 Å². The molecule has 0 heterocycles. The molecule has 0 saturated heterocycles. The molecule has 0 spiro atoms. The summed E-state index contributed by atoms with van der Waals surface area (Å²) in [5, 5.41) is 2.81. The average molecular weight is 306 g/mol. The highest BCUT2D eigenvalue weighted by Crippen LogP contribution is 2.28. The van der Waals surface area contributed by atoms with Crippen LogP contribution >= 0.6 is 0 Å². The molecule has 1 unspecified atom stereocenters. The summed E-state index contributed by atoms with van der Waals surface area (Å²) < 4.78 is 12.9. The quantitative estimate of drug-likeness (QED) is 0.908. The number of likely N-dealkylation sites (N-methyl/N-ethyl adjacent to an activating group) is 1. The lowest BCUT2D eigenvalue weighted by atomic mass is 9.96. The number of amides is 2. The van der Waals surface area contributed by atoms with Crippen LogP contribution in [0.2, 0.25) is 0 Å². The van der Waals surface area contributed by atoms with Gasteiger partial charge in [-0.3, -0.25) is 9.59 Å². The molecule has 0 aliphatic heterocycles. The van der Waals surface area contributed by atoms with E-state index in [2.05, 4.69) is 5.32 Å². The Labute approximate surface area is 130 Å². The van der Waals surface area contributed by atoms with Crippen LogP contribution in [-0.4, -0.2) is 29.8 Å². The number of halogens is 1. The standard InChI is InChI=1S/C17H23FN2O2/c1-12(21)19-16(14-5-3-4-6-14)17(22)20(2)11-13-7-9-15(18)10-8-13/h7-10,14,16H,3-6,11H2,1-2H3,(H,19,21). The summed E-state index contributed by atoms with van der Waals surface area (Å²) in [5.74, 6) is -0.335. The fourth-order valence-electron chi connectivity index (χ4n) is 3.07. The first-order valence-corrected chi connectivity index (χ1v) is 7.74. The van der Waals surface area contributed by atoms with Crippen molar-refractivity contribution in [2.75, 3.05) is 7.05 Å².